The Morgan fingerprint density at radius 2 is 1.07 bits per heavy atom. The molecule has 16 N–H and O–H groups in total. The van der Waals surface area contributed by atoms with E-state index in [4.69, 9.17) is 23.1 Å². The fourth-order valence-electron chi connectivity index (χ4n) is 6.92. The highest BCUT2D eigenvalue weighted by Gasteiger charge is 2.34. The van der Waals surface area contributed by atoms with Crippen LogP contribution in [-0.2, 0) is 64.0 Å². The SMILES string of the molecule is CCC(C)(CCC(C)(C)CC(=O)NC(Cc1ccccc1)C(=O)NC(CCC(=O)NCC(N)C(=O)NC(CC(=O)O)C(=O)NC(CS)C(=O)O)C(=O)O)NC(=O)CCC(NC(=S)NC(CCC(=O)O)C(=O)O)C(=O)O. The number of carbonyl (C=O) groups excluding carboxylic acids is 6. The molecule has 0 fully saturated rings. The molecule has 0 spiro atoms. The topological polar surface area (TPSA) is 448 Å². The number of hydrogen-bond acceptors (Lipinski definition) is 15. The number of amides is 6. The van der Waals surface area contributed by atoms with Crippen molar-refractivity contribution in [3.05, 3.63) is 35.9 Å². The maximum atomic E-state index is 13.7. The van der Waals surface area contributed by atoms with E-state index in [1.165, 1.54) is 0 Å². The number of carboxylic acids is 6. The second-order valence-electron chi connectivity index (χ2n) is 18.6. The van der Waals surface area contributed by atoms with Gasteiger partial charge in [0.1, 0.15) is 42.3 Å². The number of nitrogens with two attached hydrogens (primary N) is 1. The van der Waals surface area contributed by atoms with Gasteiger partial charge in [0.15, 0.2) is 5.11 Å². The van der Waals surface area contributed by atoms with Crippen molar-refractivity contribution in [3.63, 3.8) is 0 Å². The smallest absolute Gasteiger partial charge is 0.327 e. The first kappa shape index (κ1) is 65.9. The normalized spacial score (nSPS) is 14.7. The molecule has 418 valence electrons. The number of aliphatic carboxylic acids is 6. The Kier molecular flexibility index (Phi) is 28.3. The van der Waals surface area contributed by atoms with Crippen LogP contribution in [0.25, 0.3) is 0 Å². The Morgan fingerprint density at radius 1 is 0.587 bits per heavy atom. The van der Waals surface area contributed by atoms with Gasteiger partial charge in [0.05, 0.1) is 6.42 Å². The molecule has 0 saturated heterocycles. The van der Waals surface area contributed by atoms with Crippen LogP contribution < -0.4 is 48.3 Å². The molecule has 0 radical (unpaired) electrons. The van der Waals surface area contributed by atoms with Crippen LogP contribution in [0.4, 0.5) is 0 Å². The lowest BCUT2D eigenvalue weighted by molar-refractivity contribution is -0.143. The first-order valence-electron chi connectivity index (χ1n) is 23.5. The number of carbonyl (C=O) groups is 12. The van der Waals surface area contributed by atoms with Crippen LogP contribution in [0.2, 0.25) is 0 Å². The van der Waals surface area contributed by atoms with Crippen LogP contribution in [-0.4, -0.2) is 167 Å². The third kappa shape index (κ3) is 26.6. The van der Waals surface area contributed by atoms with Gasteiger partial charge >= 0.3 is 35.8 Å². The van der Waals surface area contributed by atoms with Crippen LogP contribution in [0.1, 0.15) is 104 Å². The molecular formula is C46H69N9O18S2. The van der Waals surface area contributed by atoms with Crippen LogP contribution in [0, 0.1) is 5.41 Å². The molecule has 0 aliphatic rings. The summed E-state index contributed by atoms with van der Waals surface area (Å²) < 4.78 is 0. The zero-order valence-corrected chi connectivity index (χ0v) is 43.6. The summed E-state index contributed by atoms with van der Waals surface area (Å²) in [7, 11) is 0. The van der Waals surface area contributed by atoms with Gasteiger partial charge in [-0.1, -0.05) is 51.1 Å². The summed E-state index contributed by atoms with van der Waals surface area (Å²) in [5, 5.41) is 75.2. The number of thiocarbonyl (C=S) groups is 1. The van der Waals surface area contributed by atoms with E-state index in [0.717, 1.165) is 0 Å². The lowest BCUT2D eigenvalue weighted by Crippen LogP contribution is -2.57. The van der Waals surface area contributed by atoms with Crippen molar-refractivity contribution >= 4 is 101 Å². The third-order valence-electron chi connectivity index (χ3n) is 11.6. The van der Waals surface area contributed by atoms with Gasteiger partial charge in [-0.2, -0.15) is 12.6 Å². The van der Waals surface area contributed by atoms with Crippen molar-refractivity contribution < 1.29 is 88.2 Å². The van der Waals surface area contributed by atoms with Crippen LogP contribution in [0.15, 0.2) is 30.3 Å². The van der Waals surface area contributed by atoms with Gasteiger partial charge < -0.3 is 78.9 Å². The molecule has 75 heavy (non-hydrogen) atoms. The summed E-state index contributed by atoms with van der Waals surface area (Å²) >= 11 is 8.86. The molecule has 27 nitrogen and oxygen atoms in total. The second kappa shape index (κ2) is 32.2. The molecule has 8 atom stereocenters. The molecule has 0 heterocycles. The number of rotatable bonds is 36. The maximum absolute atomic E-state index is 13.7. The number of hydrogen-bond donors (Lipinski definition) is 16. The zero-order chi connectivity index (χ0) is 57.2. The van der Waals surface area contributed by atoms with Crippen molar-refractivity contribution in [2.45, 2.75) is 153 Å². The van der Waals surface area contributed by atoms with Gasteiger partial charge in [-0.25, -0.2) is 19.2 Å². The molecule has 0 aliphatic carbocycles. The van der Waals surface area contributed by atoms with Gasteiger partial charge in [0, 0.05) is 49.9 Å². The predicted octanol–water partition coefficient (Wildman–Crippen LogP) is -1.54. The summed E-state index contributed by atoms with van der Waals surface area (Å²) in [6.45, 7) is 6.60. The Hall–Kier alpha value is -7.14. The van der Waals surface area contributed by atoms with E-state index < -0.39 is 157 Å². The van der Waals surface area contributed by atoms with E-state index in [1.807, 2.05) is 12.2 Å². The fourth-order valence-corrected chi connectivity index (χ4v) is 7.45. The van der Waals surface area contributed by atoms with Crippen molar-refractivity contribution in [3.8, 4) is 0 Å². The summed E-state index contributed by atoms with van der Waals surface area (Å²) in [5.74, 6) is -13.9. The monoisotopic (exact) mass is 1100 g/mol. The van der Waals surface area contributed by atoms with Crippen LogP contribution >= 0.6 is 24.8 Å². The number of carboxylic acid groups (broad SMARTS) is 6. The first-order valence-corrected chi connectivity index (χ1v) is 24.6. The quantitative estimate of drug-likeness (QED) is 0.0267. The molecule has 0 saturated carbocycles. The lowest BCUT2D eigenvalue weighted by Gasteiger charge is -2.34. The van der Waals surface area contributed by atoms with Gasteiger partial charge in [-0.05, 0) is 68.6 Å². The van der Waals surface area contributed by atoms with Crippen molar-refractivity contribution in [2.75, 3.05) is 12.3 Å². The van der Waals surface area contributed by atoms with E-state index in [9.17, 15) is 83.1 Å². The van der Waals surface area contributed by atoms with Crippen LogP contribution in [0.3, 0.4) is 0 Å². The average Bonchev–Trinajstić information content (AvgIpc) is 3.32. The Balaban J connectivity index is 2.95. The van der Waals surface area contributed by atoms with E-state index in [-0.39, 0.29) is 43.0 Å². The molecule has 29 heteroatoms. The molecule has 6 amide bonds. The molecule has 0 aromatic heterocycles. The Labute approximate surface area is 442 Å². The molecule has 0 bridgehead atoms. The molecule has 8 unspecified atom stereocenters. The molecular weight excluding hydrogens is 1030 g/mol. The molecule has 1 aromatic rings. The van der Waals surface area contributed by atoms with E-state index >= 15 is 0 Å². The number of benzene rings is 1. The van der Waals surface area contributed by atoms with Crippen LogP contribution in [0.5, 0.6) is 0 Å². The van der Waals surface area contributed by atoms with E-state index in [1.54, 1.807) is 51.1 Å². The van der Waals surface area contributed by atoms with Gasteiger partial charge in [0.25, 0.3) is 0 Å². The van der Waals surface area contributed by atoms with Gasteiger partial charge in [-0.15, -0.1) is 0 Å². The Morgan fingerprint density at radius 3 is 1.56 bits per heavy atom. The van der Waals surface area contributed by atoms with E-state index in [2.05, 4.69) is 49.8 Å². The lowest BCUT2D eigenvalue weighted by atomic mass is 9.79. The average molecular weight is 1100 g/mol. The largest absolute Gasteiger partial charge is 0.481 e. The van der Waals surface area contributed by atoms with Crippen molar-refractivity contribution in [1.29, 1.82) is 0 Å². The zero-order valence-electron chi connectivity index (χ0n) is 41.8. The van der Waals surface area contributed by atoms with Gasteiger partial charge in [-0.3, -0.25) is 38.4 Å². The minimum atomic E-state index is -1.75. The van der Waals surface area contributed by atoms with E-state index in [0.29, 0.717) is 24.8 Å². The standard InChI is InChI=1S/C46H69N9O18S2/c1-5-46(4,55-33(57)15-12-27(41(68)69)53-44(75)54-28(42(70)71)13-16-35(59)60)18-17-45(2,3)21-34(58)49-29(19-24-9-7-6-8-10-24)38(64)50-26(40(66)67)11-14-32(56)48-22-25(47)37(63)51-30(20-36(61)62)39(65)52-31(23-74)43(72)73/h6-10,25-31,74H,5,11-23,47H2,1-4H3,(H,48,56)(H,49,58)(H,50,64)(H,51,63)(H,52,65)(H,55,57)(H,59,60)(H,61,62)(H,66,67)(H,68,69)(H,70,71)(H,72,73)(H2,53,54,75). The highest BCUT2D eigenvalue weighted by molar-refractivity contribution is 7.80. The maximum Gasteiger partial charge on any atom is 0.327 e. The fraction of sp³-hybridized carbons (Fsp3) is 0.587. The van der Waals surface area contributed by atoms with Gasteiger partial charge in [0.2, 0.25) is 35.4 Å². The summed E-state index contributed by atoms with van der Waals surface area (Å²) in [5.41, 5.74) is 4.87. The Bertz CT molecular complexity index is 2220. The second-order valence-corrected chi connectivity index (χ2v) is 19.3. The third-order valence-corrected chi connectivity index (χ3v) is 12.2. The molecule has 0 aliphatic heterocycles. The molecule has 1 aromatic carbocycles. The predicted molar refractivity (Wildman–Crippen MR) is 272 cm³/mol. The minimum absolute atomic E-state index is 0.0634. The first-order chi connectivity index (χ1) is 34.9. The summed E-state index contributed by atoms with van der Waals surface area (Å²) in [6.07, 6.45) is -2.36. The summed E-state index contributed by atoms with van der Waals surface area (Å²) in [6, 6.07) is -2.09. The summed E-state index contributed by atoms with van der Waals surface area (Å²) in [4.78, 5) is 148. The number of nitrogens with one attached hydrogen (secondary N) is 8. The minimum Gasteiger partial charge on any atom is -0.481 e. The highest BCUT2D eigenvalue weighted by Crippen LogP contribution is 2.31. The molecule has 1 rings (SSSR count). The highest BCUT2D eigenvalue weighted by atomic mass is 32.1. The van der Waals surface area contributed by atoms with Crippen molar-refractivity contribution in [1.82, 2.24) is 42.5 Å². The number of thiol groups is 1. The van der Waals surface area contributed by atoms with Crippen molar-refractivity contribution in [2.24, 2.45) is 11.1 Å².